The lowest BCUT2D eigenvalue weighted by Crippen LogP contribution is -2.33. The Bertz CT molecular complexity index is 1530. The number of esters is 1. The number of hydrogen-bond donors (Lipinski definition) is 1. The Kier molecular flexibility index (Phi) is 7.66. The second-order valence-corrected chi connectivity index (χ2v) is 10.3. The number of rotatable bonds is 8. The summed E-state index contributed by atoms with van der Waals surface area (Å²) in [6, 6.07) is 21.9. The average molecular weight is 542 g/mol. The summed E-state index contributed by atoms with van der Waals surface area (Å²) < 4.78 is 39.6. The zero-order valence-electron chi connectivity index (χ0n) is 19.1. The lowest BCUT2D eigenvalue weighted by molar-refractivity contribution is -0.130. The highest BCUT2D eigenvalue weighted by Crippen LogP contribution is 2.35. The smallest absolute Gasteiger partial charge is 0.340 e. The third kappa shape index (κ3) is 5.55. The maximum absolute atomic E-state index is 13.2. The molecule has 0 heterocycles. The summed E-state index contributed by atoms with van der Waals surface area (Å²) in [7, 11) is -2.66. The summed E-state index contributed by atoms with van der Waals surface area (Å²) in [5.41, 5.74) is -0.0198. The number of carbonyl (C=O) groups is 1. The van der Waals surface area contributed by atoms with Gasteiger partial charge in [0.05, 0.1) is 23.6 Å². The first-order chi connectivity index (χ1) is 17.2. The molecule has 1 atom stereocenters. The first kappa shape index (κ1) is 25.7. The molecule has 0 aliphatic carbocycles. The Balaban J connectivity index is 1.68. The third-order valence-corrected chi connectivity index (χ3v) is 7.57. The van der Waals surface area contributed by atoms with Crippen LogP contribution in [0.2, 0.25) is 10.0 Å². The number of carbonyl (C=O) groups excluding carboxylic acids is 1. The van der Waals surface area contributed by atoms with E-state index in [9.17, 15) is 13.2 Å². The highest BCUT2D eigenvalue weighted by molar-refractivity contribution is 7.89. The first-order valence-electron chi connectivity index (χ1n) is 10.7. The first-order valence-corrected chi connectivity index (χ1v) is 12.9. The van der Waals surface area contributed by atoms with Crippen LogP contribution in [0.25, 0.3) is 10.8 Å². The molecule has 0 bridgehead atoms. The van der Waals surface area contributed by atoms with E-state index in [2.05, 4.69) is 11.3 Å². The average Bonchev–Trinajstić information content (AvgIpc) is 2.87. The van der Waals surface area contributed by atoms with Crippen molar-refractivity contribution in [2.75, 3.05) is 7.11 Å². The quantitative estimate of drug-likeness (QED) is 0.160. The van der Waals surface area contributed by atoms with Gasteiger partial charge in [0.2, 0.25) is 10.0 Å². The second-order valence-electron chi connectivity index (χ2n) is 7.79. The van der Waals surface area contributed by atoms with Gasteiger partial charge < -0.3 is 9.47 Å². The predicted molar refractivity (Wildman–Crippen MR) is 141 cm³/mol. The summed E-state index contributed by atoms with van der Waals surface area (Å²) in [6.07, 6.45) is 0. The SMILES string of the molecule is C=C(C(=O)Oc1ccc2ccccc2c1)[C@@H](NS(=O)(=O)c1ccc(OC)cc1)c1c(Cl)cccc1Cl. The number of benzene rings is 4. The second kappa shape index (κ2) is 10.7. The van der Waals surface area contributed by atoms with E-state index in [-0.39, 0.29) is 31.8 Å². The largest absolute Gasteiger partial charge is 0.497 e. The van der Waals surface area contributed by atoms with Gasteiger partial charge in [-0.2, -0.15) is 4.72 Å². The van der Waals surface area contributed by atoms with Crippen LogP contribution in [-0.2, 0) is 14.8 Å². The van der Waals surface area contributed by atoms with Gasteiger partial charge >= 0.3 is 5.97 Å². The Morgan fingerprint density at radius 2 is 1.47 bits per heavy atom. The summed E-state index contributed by atoms with van der Waals surface area (Å²) >= 11 is 12.8. The van der Waals surface area contributed by atoms with Crippen molar-refractivity contribution in [3.8, 4) is 11.5 Å². The molecule has 9 heteroatoms. The number of methoxy groups -OCH3 is 1. The van der Waals surface area contributed by atoms with Crippen molar-refractivity contribution in [1.82, 2.24) is 4.72 Å². The molecule has 0 aliphatic rings. The van der Waals surface area contributed by atoms with Crippen LogP contribution in [0, 0.1) is 0 Å². The van der Waals surface area contributed by atoms with Crippen LogP contribution in [0.5, 0.6) is 11.5 Å². The molecule has 0 aromatic heterocycles. The van der Waals surface area contributed by atoms with E-state index in [0.29, 0.717) is 5.75 Å². The maximum atomic E-state index is 13.2. The summed E-state index contributed by atoms with van der Waals surface area (Å²) in [5.74, 6) is -0.0754. The minimum atomic E-state index is -4.14. The Labute approximate surface area is 219 Å². The van der Waals surface area contributed by atoms with Gasteiger partial charge in [-0.3, -0.25) is 0 Å². The number of fused-ring (bicyclic) bond motifs is 1. The van der Waals surface area contributed by atoms with E-state index in [1.165, 1.54) is 31.4 Å². The van der Waals surface area contributed by atoms with Crippen LogP contribution >= 0.6 is 23.2 Å². The van der Waals surface area contributed by atoms with E-state index < -0.39 is 22.0 Å². The topological polar surface area (TPSA) is 81.7 Å². The Hall–Kier alpha value is -3.36. The van der Waals surface area contributed by atoms with Gasteiger partial charge in [0.15, 0.2) is 0 Å². The fraction of sp³-hybridized carbons (Fsp3) is 0.0741. The lowest BCUT2D eigenvalue weighted by Gasteiger charge is -2.23. The van der Waals surface area contributed by atoms with Crippen LogP contribution in [0.1, 0.15) is 11.6 Å². The van der Waals surface area contributed by atoms with E-state index >= 15 is 0 Å². The summed E-state index contributed by atoms with van der Waals surface area (Å²) in [5, 5.41) is 2.16. The Morgan fingerprint density at radius 1 is 0.861 bits per heavy atom. The van der Waals surface area contributed by atoms with Crippen LogP contribution < -0.4 is 14.2 Å². The van der Waals surface area contributed by atoms with Gasteiger partial charge in [-0.25, -0.2) is 13.2 Å². The minimum absolute atomic E-state index is 0.0489. The van der Waals surface area contributed by atoms with Crippen LogP contribution in [0.15, 0.2) is 102 Å². The fourth-order valence-corrected chi connectivity index (χ4v) is 5.41. The fourth-order valence-electron chi connectivity index (χ4n) is 3.59. The van der Waals surface area contributed by atoms with Gasteiger partial charge in [-0.1, -0.05) is 66.2 Å². The zero-order chi connectivity index (χ0) is 25.9. The molecular formula is C27H21Cl2NO5S. The van der Waals surface area contributed by atoms with Crippen LogP contribution in [0.4, 0.5) is 0 Å². The molecule has 184 valence electrons. The molecule has 0 unspecified atom stereocenters. The maximum Gasteiger partial charge on any atom is 0.340 e. The van der Waals surface area contributed by atoms with Crippen molar-refractivity contribution in [1.29, 1.82) is 0 Å². The zero-order valence-corrected chi connectivity index (χ0v) is 21.4. The molecule has 36 heavy (non-hydrogen) atoms. The third-order valence-electron chi connectivity index (χ3n) is 5.47. The van der Waals surface area contributed by atoms with Crippen molar-refractivity contribution in [2.45, 2.75) is 10.9 Å². The van der Waals surface area contributed by atoms with E-state index in [4.69, 9.17) is 32.7 Å². The molecule has 0 aliphatic heterocycles. The summed E-state index contributed by atoms with van der Waals surface area (Å²) in [4.78, 5) is 13.1. The minimum Gasteiger partial charge on any atom is -0.497 e. The molecule has 0 saturated carbocycles. The summed E-state index contributed by atoms with van der Waals surface area (Å²) in [6.45, 7) is 3.84. The van der Waals surface area contributed by atoms with Crippen molar-refractivity contribution < 1.29 is 22.7 Å². The molecular weight excluding hydrogens is 521 g/mol. The Morgan fingerprint density at radius 3 is 2.11 bits per heavy atom. The molecule has 4 rings (SSSR count). The molecule has 1 N–H and O–H groups in total. The van der Waals surface area contributed by atoms with Crippen molar-refractivity contribution >= 4 is 50.0 Å². The monoisotopic (exact) mass is 541 g/mol. The number of halogens is 2. The van der Waals surface area contributed by atoms with Crippen LogP contribution in [0.3, 0.4) is 0 Å². The number of sulfonamides is 1. The van der Waals surface area contributed by atoms with Gasteiger partial charge in [-0.15, -0.1) is 0 Å². The number of nitrogens with one attached hydrogen (secondary N) is 1. The van der Waals surface area contributed by atoms with Gasteiger partial charge in [0.25, 0.3) is 0 Å². The highest BCUT2D eigenvalue weighted by Gasteiger charge is 2.31. The molecule has 4 aromatic rings. The molecule has 0 fully saturated rings. The molecule has 4 aromatic carbocycles. The van der Waals surface area contributed by atoms with Crippen molar-refractivity contribution in [3.05, 3.63) is 113 Å². The normalized spacial score (nSPS) is 12.2. The molecule has 0 amide bonds. The lowest BCUT2D eigenvalue weighted by atomic mass is 10.0. The number of ether oxygens (including phenoxy) is 2. The standard InChI is InChI=1S/C27H21Cl2NO5S/c1-17(27(31)35-21-11-10-18-6-3-4-7-19(18)16-21)26(25-23(28)8-5-9-24(25)29)30-36(32,33)22-14-12-20(34-2)13-15-22/h3-16,26,30H,1H2,2H3/t26-/m1/s1. The number of hydrogen-bond acceptors (Lipinski definition) is 5. The highest BCUT2D eigenvalue weighted by atomic mass is 35.5. The molecule has 0 radical (unpaired) electrons. The predicted octanol–water partition coefficient (Wildman–Crippen LogP) is 6.34. The molecule has 0 spiro atoms. The van der Waals surface area contributed by atoms with Crippen LogP contribution in [-0.4, -0.2) is 21.5 Å². The van der Waals surface area contributed by atoms with E-state index in [1.807, 2.05) is 30.3 Å². The van der Waals surface area contributed by atoms with Crippen molar-refractivity contribution in [2.24, 2.45) is 0 Å². The molecule has 6 nitrogen and oxygen atoms in total. The molecule has 0 saturated heterocycles. The van der Waals surface area contributed by atoms with Gasteiger partial charge in [-0.05, 0) is 59.3 Å². The van der Waals surface area contributed by atoms with Gasteiger partial charge in [0, 0.05) is 15.6 Å². The van der Waals surface area contributed by atoms with E-state index in [0.717, 1.165) is 10.8 Å². The van der Waals surface area contributed by atoms with Crippen molar-refractivity contribution in [3.63, 3.8) is 0 Å². The van der Waals surface area contributed by atoms with E-state index in [1.54, 1.807) is 30.3 Å². The van der Waals surface area contributed by atoms with Gasteiger partial charge in [0.1, 0.15) is 11.5 Å².